The smallest absolute Gasteiger partial charge is 0.0629 e. The van der Waals surface area contributed by atoms with Crippen LogP contribution in [0.4, 0.5) is 11.4 Å². The van der Waals surface area contributed by atoms with Gasteiger partial charge in [0.25, 0.3) is 0 Å². The van der Waals surface area contributed by atoms with Crippen LogP contribution in [0.1, 0.15) is 11.5 Å². The second-order valence-electron chi connectivity index (χ2n) is 13.7. The summed E-state index contributed by atoms with van der Waals surface area (Å²) >= 11 is 0. The van der Waals surface area contributed by atoms with E-state index in [4.69, 9.17) is 0 Å². The standard InChI is InChI=1S/C48H33N3/c1-7-22-43-37(16-1)38-17-2-8-23-44(38)49(43)34-15-13-14-32(28-34)33-29-35(50-45-24-9-3-18-39(45)40-19-4-10-25-46(40)50)31-36(30-33)51-47-26-11-5-20-41(47)42-21-6-12-27-48(42)51/h1-31,37,43H. The molecule has 2 atom stereocenters. The van der Waals surface area contributed by atoms with Gasteiger partial charge in [-0.3, -0.25) is 0 Å². The summed E-state index contributed by atoms with van der Waals surface area (Å²) in [5.41, 5.74) is 13.3. The van der Waals surface area contributed by atoms with E-state index in [0.29, 0.717) is 5.92 Å². The summed E-state index contributed by atoms with van der Waals surface area (Å²) in [6.45, 7) is 0. The summed E-state index contributed by atoms with van der Waals surface area (Å²) in [6, 6.07) is 60.5. The van der Waals surface area contributed by atoms with Crippen molar-refractivity contribution in [1.29, 1.82) is 0 Å². The van der Waals surface area contributed by atoms with E-state index in [1.54, 1.807) is 0 Å². The van der Waals surface area contributed by atoms with Crippen molar-refractivity contribution in [2.75, 3.05) is 4.90 Å². The third kappa shape index (κ3) is 4.18. The Kier molecular flexibility index (Phi) is 6.08. The highest BCUT2D eigenvalue weighted by atomic mass is 15.2. The van der Waals surface area contributed by atoms with Crippen LogP contribution in [0.15, 0.2) is 188 Å². The van der Waals surface area contributed by atoms with Crippen LogP contribution in [0.3, 0.4) is 0 Å². The lowest BCUT2D eigenvalue weighted by molar-refractivity contribution is 0.745. The van der Waals surface area contributed by atoms with Crippen molar-refractivity contribution in [3.05, 3.63) is 194 Å². The first kappa shape index (κ1) is 28.3. The molecule has 2 aromatic heterocycles. The summed E-state index contributed by atoms with van der Waals surface area (Å²) in [4.78, 5) is 2.52. The van der Waals surface area contributed by atoms with Gasteiger partial charge in [0.2, 0.25) is 0 Å². The molecule has 0 saturated heterocycles. The molecule has 0 fully saturated rings. The Morgan fingerprint density at radius 1 is 0.373 bits per heavy atom. The highest BCUT2D eigenvalue weighted by Gasteiger charge is 2.37. The lowest BCUT2D eigenvalue weighted by atomic mass is 9.91. The van der Waals surface area contributed by atoms with E-state index < -0.39 is 0 Å². The van der Waals surface area contributed by atoms with Crippen molar-refractivity contribution in [2.24, 2.45) is 0 Å². The van der Waals surface area contributed by atoms with Crippen molar-refractivity contribution in [1.82, 2.24) is 9.13 Å². The highest BCUT2D eigenvalue weighted by Crippen LogP contribution is 2.48. The van der Waals surface area contributed by atoms with Gasteiger partial charge in [-0.05, 0) is 77.4 Å². The zero-order chi connectivity index (χ0) is 33.5. The predicted molar refractivity (Wildman–Crippen MR) is 214 cm³/mol. The molecule has 0 radical (unpaired) electrons. The number of hydrogen-bond donors (Lipinski definition) is 0. The van der Waals surface area contributed by atoms with Gasteiger partial charge in [-0.1, -0.05) is 127 Å². The fourth-order valence-corrected chi connectivity index (χ4v) is 8.85. The molecule has 240 valence electrons. The van der Waals surface area contributed by atoms with E-state index in [-0.39, 0.29) is 6.04 Å². The average Bonchev–Trinajstić information content (AvgIpc) is 3.84. The quantitative estimate of drug-likeness (QED) is 0.185. The second-order valence-corrected chi connectivity index (χ2v) is 13.7. The molecule has 7 aromatic carbocycles. The van der Waals surface area contributed by atoms with Crippen molar-refractivity contribution in [2.45, 2.75) is 12.0 Å². The third-order valence-corrected chi connectivity index (χ3v) is 11.0. The van der Waals surface area contributed by atoms with Crippen LogP contribution in [0.5, 0.6) is 0 Å². The average molecular weight is 652 g/mol. The maximum Gasteiger partial charge on any atom is 0.0629 e. The van der Waals surface area contributed by atoms with E-state index in [1.807, 2.05) is 0 Å². The Morgan fingerprint density at radius 2 is 0.863 bits per heavy atom. The Labute approximate surface area is 296 Å². The van der Waals surface area contributed by atoms with E-state index in [0.717, 1.165) is 11.4 Å². The van der Waals surface area contributed by atoms with Gasteiger partial charge in [0.05, 0.1) is 28.1 Å². The number of nitrogens with zero attached hydrogens (tertiary/aromatic N) is 3. The first-order chi connectivity index (χ1) is 25.3. The van der Waals surface area contributed by atoms with Gasteiger partial charge >= 0.3 is 0 Å². The predicted octanol–water partition coefficient (Wildman–Crippen LogP) is 12.3. The number of hydrogen-bond acceptors (Lipinski definition) is 1. The fraction of sp³-hybridized carbons (Fsp3) is 0.0417. The molecule has 0 spiro atoms. The Balaban J connectivity index is 1.17. The van der Waals surface area contributed by atoms with Gasteiger partial charge in [0.15, 0.2) is 0 Å². The molecule has 2 aliphatic rings. The third-order valence-electron chi connectivity index (χ3n) is 11.0. The minimum Gasteiger partial charge on any atom is -0.333 e. The van der Waals surface area contributed by atoms with Gasteiger partial charge in [-0.15, -0.1) is 0 Å². The van der Waals surface area contributed by atoms with Crippen LogP contribution in [0.25, 0.3) is 66.1 Å². The summed E-state index contributed by atoms with van der Waals surface area (Å²) in [5, 5.41) is 5.04. The number of anilines is 2. The molecular formula is C48H33N3. The van der Waals surface area contributed by atoms with Gasteiger partial charge in [0.1, 0.15) is 0 Å². The molecule has 1 aliphatic heterocycles. The molecule has 0 N–H and O–H groups in total. The Morgan fingerprint density at radius 3 is 1.45 bits per heavy atom. The van der Waals surface area contributed by atoms with Crippen molar-refractivity contribution in [3.63, 3.8) is 0 Å². The van der Waals surface area contributed by atoms with Crippen molar-refractivity contribution in [3.8, 4) is 22.5 Å². The maximum atomic E-state index is 2.52. The van der Waals surface area contributed by atoms with Crippen molar-refractivity contribution >= 4 is 55.0 Å². The largest absolute Gasteiger partial charge is 0.333 e. The normalized spacial score (nSPS) is 16.4. The molecule has 11 rings (SSSR count). The first-order valence-corrected chi connectivity index (χ1v) is 17.8. The SMILES string of the molecule is C1=CC2c3ccccc3N(c3cccc(-c4cc(-n5c6ccccc6c6ccccc65)cc(-n5c6ccccc6c6ccccc65)c4)c3)C2C=C1. The van der Waals surface area contributed by atoms with Crippen LogP contribution >= 0.6 is 0 Å². The van der Waals surface area contributed by atoms with Gasteiger partial charge in [-0.25, -0.2) is 0 Å². The number of rotatable bonds is 4. The topological polar surface area (TPSA) is 13.1 Å². The van der Waals surface area contributed by atoms with Gasteiger partial charge in [0, 0.05) is 50.2 Å². The van der Waals surface area contributed by atoms with Crippen molar-refractivity contribution < 1.29 is 0 Å². The molecule has 3 heterocycles. The van der Waals surface area contributed by atoms with Crippen LogP contribution in [-0.2, 0) is 0 Å². The number of fused-ring (bicyclic) bond motifs is 9. The number of benzene rings is 7. The Bertz CT molecular complexity index is 2660. The maximum absolute atomic E-state index is 2.52. The molecule has 3 heteroatoms. The minimum atomic E-state index is 0.250. The molecule has 3 nitrogen and oxygen atoms in total. The molecule has 51 heavy (non-hydrogen) atoms. The zero-order valence-corrected chi connectivity index (χ0v) is 27.9. The number of para-hydroxylation sites is 5. The lowest BCUT2D eigenvalue weighted by Crippen LogP contribution is -2.28. The number of aromatic nitrogens is 2. The molecule has 0 amide bonds. The van der Waals surface area contributed by atoms with Gasteiger partial charge < -0.3 is 14.0 Å². The molecule has 2 unspecified atom stereocenters. The monoisotopic (exact) mass is 651 g/mol. The fourth-order valence-electron chi connectivity index (χ4n) is 8.85. The minimum absolute atomic E-state index is 0.250. The van der Waals surface area contributed by atoms with Crippen LogP contribution < -0.4 is 4.90 Å². The summed E-state index contributed by atoms with van der Waals surface area (Å²) < 4.78 is 4.88. The second kappa shape index (κ2) is 11.0. The molecule has 0 bridgehead atoms. The van der Waals surface area contributed by atoms with Crippen LogP contribution in [0, 0.1) is 0 Å². The zero-order valence-electron chi connectivity index (χ0n) is 27.9. The molecule has 9 aromatic rings. The van der Waals surface area contributed by atoms with Gasteiger partial charge in [-0.2, -0.15) is 0 Å². The molecule has 0 saturated carbocycles. The lowest BCUT2D eigenvalue weighted by Gasteiger charge is -2.29. The number of allylic oxidation sites excluding steroid dienone is 2. The highest BCUT2D eigenvalue weighted by molar-refractivity contribution is 6.10. The molecule has 1 aliphatic carbocycles. The van der Waals surface area contributed by atoms with E-state index >= 15 is 0 Å². The first-order valence-electron chi connectivity index (χ1n) is 17.8. The Hall–Kier alpha value is -6.58. The van der Waals surface area contributed by atoms with Crippen LogP contribution in [-0.4, -0.2) is 15.2 Å². The summed E-state index contributed by atoms with van der Waals surface area (Å²) in [6.07, 6.45) is 9.08. The van der Waals surface area contributed by atoms with E-state index in [9.17, 15) is 0 Å². The van der Waals surface area contributed by atoms with E-state index in [1.165, 1.54) is 71.7 Å². The van der Waals surface area contributed by atoms with E-state index in [2.05, 4.69) is 202 Å². The summed E-state index contributed by atoms with van der Waals surface area (Å²) in [5.74, 6) is 0.343. The summed E-state index contributed by atoms with van der Waals surface area (Å²) in [7, 11) is 0. The van der Waals surface area contributed by atoms with Crippen LogP contribution in [0.2, 0.25) is 0 Å². The molecular weight excluding hydrogens is 619 g/mol.